The number of anilines is 1. The van der Waals surface area contributed by atoms with Crippen LogP contribution in [0.2, 0.25) is 5.02 Å². The number of nitrogens with zero attached hydrogens (tertiary/aromatic N) is 2. The van der Waals surface area contributed by atoms with Crippen LogP contribution in [-0.4, -0.2) is 22.5 Å². The molecule has 0 saturated heterocycles. The highest BCUT2D eigenvalue weighted by Gasteiger charge is 2.33. The average Bonchev–Trinajstić information content (AvgIpc) is 2.98. The summed E-state index contributed by atoms with van der Waals surface area (Å²) in [6, 6.07) is 15.2. The first-order valence-electron chi connectivity index (χ1n) is 8.02. The van der Waals surface area contributed by atoms with Crippen molar-refractivity contribution in [3.05, 3.63) is 70.4 Å². The van der Waals surface area contributed by atoms with Gasteiger partial charge in [-0.2, -0.15) is 0 Å². The van der Waals surface area contributed by atoms with Crippen molar-refractivity contribution in [3.8, 4) is 0 Å². The van der Waals surface area contributed by atoms with Crippen molar-refractivity contribution in [3.63, 3.8) is 0 Å². The minimum absolute atomic E-state index is 0.117. The number of benzene rings is 2. The Hall–Kier alpha value is -2.79. The van der Waals surface area contributed by atoms with Gasteiger partial charge in [0.15, 0.2) is 0 Å². The normalized spacial score (nSPS) is 16.5. The summed E-state index contributed by atoms with van der Waals surface area (Å²) in [6.45, 7) is 1.90. The highest BCUT2D eigenvalue weighted by molar-refractivity contribution is 6.30. The molecule has 0 spiro atoms. The van der Waals surface area contributed by atoms with Gasteiger partial charge in [-0.15, -0.1) is 0 Å². The number of carbonyl (C=O) groups excluding carboxylic acids is 1. The number of imidazole rings is 1. The maximum Gasteiger partial charge on any atom is 0.251 e. The van der Waals surface area contributed by atoms with E-state index in [2.05, 4.69) is 20.2 Å². The van der Waals surface area contributed by atoms with Crippen molar-refractivity contribution in [2.75, 3.05) is 12.4 Å². The van der Waals surface area contributed by atoms with Crippen molar-refractivity contribution < 1.29 is 4.79 Å². The van der Waals surface area contributed by atoms with Crippen molar-refractivity contribution in [1.82, 2.24) is 14.9 Å². The number of likely N-dealkylation sites (N-methyl/N-ethyl adjacent to an activating group) is 1. The first kappa shape index (κ1) is 15.7. The first-order chi connectivity index (χ1) is 12.1. The van der Waals surface area contributed by atoms with Crippen LogP contribution in [0.25, 0.3) is 11.0 Å². The number of aromatic nitrogens is 2. The molecular weight excluding hydrogens is 336 g/mol. The lowest BCUT2D eigenvalue weighted by Gasteiger charge is -2.30. The molecule has 2 heterocycles. The Bertz CT molecular complexity index is 1000. The third-order valence-corrected chi connectivity index (χ3v) is 4.74. The van der Waals surface area contributed by atoms with Crippen LogP contribution in [-0.2, 0) is 4.79 Å². The van der Waals surface area contributed by atoms with Gasteiger partial charge in [0.25, 0.3) is 5.91 Å². The molecule has 2 N–H and O–H groups in total. The lowest BCUT2D eigenvalue weighted by molar-refractivity contribution is -0.117. The van der Waals surface area contributed by atoms with E-state index in [1.807, 2.05) is 55.5 Å². The Labute approximate surface area is 150 Å². The van der Waals surface area contributed by atoms with E-state index in [0.29, 0.717) is 10.6 Å². The molecule has 0 aliphatic carbocycles. The van der Waals surface area contributed by atoms with E-state index >= 15 is 0 Å². The molecule has 25 heavy (non-hydrogen) atoms. The number of nitrogens with one attached hydrogen (secondary N) is 2. The zero-order chi connectivity index (χ0) is 17.6. The molecule has 126 valence electrons. The summed E-state index contributed by atoms with van der Waals surface area (Å²) >= 11 is 6.06. The van der Waals surface area contributed by atoms with Crippen LogP contribution in [0.15, 0.2) is 59.8 Å². The van der Waals surface area contributed by atoms with Gasteiger partial charge in [0, 0.05) is 17.8 Å². The molecule has 1 amide bonds. The van der Waals surface area contributed by atoms with Gasteiger partial charge in [-0.05, 0) is 36.8 Å². The number of amides is 1. The number of rotatable bonds is 2. The van der Waals surface area contributed by atoms with Crippen LogP contribution in [0, 0.1) is 0 Å². The molecule has 0 radical (unpaired) electrons. The summed E-state index contributed by atoms with van der Waals surface area (Å²) in [5, 5.41) is 6.68. The minimum atomic E-state index is -0.277. The zero-order valence-corrected chi connectivity index (χ0v) is 14.6. The first-order valence-corrected chi connectivity index (χ1v) is 8.40. The Kier molecular flexibility index (Phi) is 3.73. The van der Waals surface area contributed by atoms with Gasteiger partial charge >= 0.3 is 0 Å². The molecule has 0 fully saturated rings. The van der Waals surface area contributed by atoms with E-state index in [9.17, 15) is 4.79 Å². The molecule has 2 aromatic carbocycles. The summed E-state index contributed by atoms with van der Waals surface area (Å²) in [6.07, 6.45) is 0. The van der Waals surface area contributed by atoms with E-state index in [1.165, 1.54) is 0 Å². The van der Waals surface area contributed by atoms with E-state index in [-0.39, 0.29) is 11.9 Å². The molecule has 1 unspecified atom stereocenters. The number of halogens is 1. The second-order valence-corrected chi connectivity index (χ2v) is 6.43. The van der Waals surface area contributed by atoms with Crippen LogP contribution in [0.3, 0.4) is 0 Å². The Balaban J connectivity index is 2.01. The molecule has 1 atom stereocenters. The number of fused-ring (bicyclic) bond motifs is 3. The van der Waals surface area contributed by atoms with Crippen LogP contribution in [0.5, 0.6) is 0 Å². The SMILES string of the molecule is CNC(=O)C1=C(C)Nc2nc3ccccc3n2C1c1ccc(Cl)cc1. The molecule has 5 nitrogen and oxygen atoms in total. The van der Waals surface area contributed by atoms with E-state index in [4.69, 9.17) is 11.6 Å². The average molecular weight is 353 g/mol. The highest BCUT2D eigenvalue weighted by Crippen LogP contribution is 2.39. The van der Waals surface area contributed by atoms with Gasteiger partial charge in [-0.25, -0.2) is 4.98 Å². The summed E-state index contributed by atoms with van der Waals surface area (Å²) in [5.74, 6) is 0.611. The number of carbonyl (C=O) groups is 1. The predicted octanol–water partition coefficient (Wildman–Crippen LogP) is 3.72. The second kappa shape index (κ2) is 5.93. The quantitative estimate of drug-likeness (QED) is 0.739. The van der Waals surface area contributed by atoms with E-state index in [1.54, 1.807) is 7.05 Å². The fourth-order valence-electron chi connectivity index (χ4n) is 3.35. The fraction of sp³-hybridized carbons (Fsp3) is 0.158. The minimum Gasteiger partial charge on any atom is -0.355 e. The van der Waals surface area contributed by atoms with Gasteiger partial charge in [0.05, 0.1) is 22.6 Å². The standard InChI is InChI=1S/C19H17ClN4O/c1-11-16(18(25)21-2)17(12-7-9-13(20)10-8-12)24-15-6-4-3-5-14(15)23-19(24)22-11/h3-10,17H,1-2H3,(H,21,25)(H,22,23). The van der Waals surface area contributed by atoms with Crippen LogP contribution < -0.4 is 10.6 Å². The highest BCUT2D eigenvalue weighted by atomic mass is 35.5. The number of hydrogen-bond acceptors (Lipinski definition) is 3. The lowest BCUT2D eigenvalue weighted by Crippen LogP contribution is -2.33. The predicted molar refractivity (Wildman–Crippen MR) is 99.7 cm³/mol. The van der Waals surface area contributed by atoms with Crippen LogP contribution >= 0.6 is 11.6 Å². The molecule has 3 aromatic rings. The molecule has 1 aliphatic rings. The van der Waals surface area contributed by atoms with Gasteiger partial charge in [-0.1, -0.05) is 35.9 Å². The molecule has 1 aliphatic heterocycles. The third-order valence-electron chi connectivity index (χ3n) is 4.49. The Morgan fingerprint density at radius 3 is 2.64 bits per heavy atom. The number of hydrogen-bond donors (Lipinski definition) is 2. The topological polar surface area (TPSA) is 59.0 Å². The van der Waals surface area contributed by atoms with Gasteiger partial charge in [0.1, 0.15) is 0 Å². The molecule has 0 saturated carbocycles. The zero-order valence-electron chi connectivity index (χ0n) is 13.9. The van der Waals surface area contributed by atoms with Crippen molar-refractivity contribution in [2.45, 2.75) is 13.0 Å². The number of allylic oxidation sites excluding steroid dienone is 1. The lowest BCUT2D eigenvalue weighted by atomic mass is 9.94. The van der Waals surface area contributed by atoms with Crippen LogP contribution in [0.1, 0.15) is 18.5 Å². The van der Waals surface area contributed by atoms with Crippen molar-refractivity contribution >= 4 is 34.5 Å². The monoisotopic (exact) mass is 352 g/mol. The Morgan fingerprint density at radius 1 is 1.20 bits per heavy atom. The summed E-state index contributed by atoms with van der Waals surface area (Å²) in [7, 11) is 1.64. The third kappa shape index (κ3) is 2.48. The summed E-state index contributed by atoms with van der Waals surface area (Å²) in [4.78, 5) is 17.3. The van der Waals surface area contributed by atoms with Gasteiger partial charge < -0.3 is 10.6 Å². The van der Waals surface area contributed by atoms with E-state index in [0.717, 1.165) is 28.2 Å². The maximum absolute atomic E-state index is 12.6. The smallest absolute Gasteiger partial charge is 0.251 e. The van der Waals surface area contributed by atoms with E-state index < -0.39 is 0 Å². The van der Waals surface area contributed by atoms with Crippen LogP contribution in [0.4, 0.5) is 5.95 Å². The Morgan fingerprint density at radius 2 is 1.92 bits per heavy atom. The molecule has 4 rings (SSSR count). The largest absolute Gasteiger partial charge is 0.355 e. The molecule has 0 bridgehead atoms. The van der Waals surface area contributed by atoms with Gasteiger partial charge in [-0.3, -0.25) is 9.36 Å². The van der Waals surface area contributed by atoms with Crippen molar-refractivity contribution in [2.24, 2.45) is 0 Å². The fourth-order valence-corrected chi connectivity index (χ4v) is 3.48. The second-order valence-electron chi connectivity index (χ2n) is 5.99. The summed E-state index contributed by atoms with van der Waals surface area (Å²) in [5.41, 5.74) is 4.30. The maximum atomic E-state index is 12.6. The molecule has 1 aromatic heterocycles. The van der Waals surface area contributed by atoms with Gasteiger partial charge in [0.2, 0.25) is 5.95 Å². The number of para-hydroxylation sites is 2. The van der Waals surface area contributed by atoms with Crippen molar-refractivity contribution in [1.29, 1.82) is 0 Å². The molecule has 6 heteroatoms. The summed E-state index contributed by atoms with van der Waals surface area (Å²) < 4.78 is 2.07. The molecular formula is C19H17ClN4O.